The molecule has 1 amide bonds. The quantitative estimate of drug-likeness (QED) is 0.812. The highest BCUT2D eigenvalue weighted by atomic mass is 16.2. The van der Waals surface area contributed by atoms with Gasteiger partial charge in [0.1, 0.15) is 0 Å². The monoisotopic (exact) mass is 258 g/mol. The van der Waals surface area contributed by atoms with Gasteiger partial charge < -0.3 is 15.2 Å². The van der Waals surface area contributed by atoms with E-state index >= 15 is 0 Å². The van der Waals surface area contributed by atoms with Crippen LogP contribution in [-0.2, 0) is 0 Å². The molecular weight excluding hydrogens is 240 g/mol. The summed E-state index contributed by atoms with van der Waals surface area (Å²) in [5, 5.41) is 3.43. The van der Waals surface area contributed by atoms with Gasteiger partial charge in [-0.05, 0) is 32.0 Å². The summed E-state index contributed by atoms with van der Waals surface area (Å²) in [6, 6.07) is 6.28. The van der Waals surface area contributed by atoms with Gasteiger partial charge in [-0.15, -0.1) is 0 Å². The number of hydrogen-bond acceptors (Lipinski definition) is 3. The number of hydrogen-bond donors (Lipinski definition) is 2. The van der Waals surface area contributed by atoms with E-state index in [1.807, 2.05) is 23.1 Å². The Hall–Kier alpha value is -1.88. The van der Waals surface area contributed by atoms with Crippen LogP contribution in [-0.4, -0.2) is 45.9 Å². The van der Waals surface area contributed by atoms with Crippen LogP contribution in [0.25, 0.3) is 11.0 Å². The highest BCUT2D eigenvalue weighted by Crippen LogP contribution is 2.15. The third kappa shape index (κ3) is 2.33. The Bertz CT molecular complexity index is 596. The standard InChI is InChI=1S/C14H18N4O/c1-9-6-18(7-10(2)17-9)14(19)11-3-4-12-13(5-11)16-8-15-12/h3-5,8-10,17H,6-7H2,1-2H3,(H,15,16). The highest BCUT2D eigenvalue weighted by molar-refractivity contribution is 5.97. The van der Waals surface area contributed by atoms with Crippen molar-refractivity contribution in [1.82, 2.24) is 20.2 Å². The van der Waals surface area contributed by atoms with E-state index in [-0.39, 0.29) is 5.91 Å². The first kappa shape index (κ1) is 12.2. The number of fused-ring (bicyclic) bond motifs is 1. The van der Waals surface area contributed by atoms with Crippen LogP contribution in [0.3, 0.4) is 0 Å². The van der Waals surface area contributed by atoms with Crippen molar-refractivity contribution in [3.8, 4) is 0 Å². The second kappa shape index (κ2) is 4.66. The zero-order valence-electron chi connectivity index (χ0n) is 11.2. The zero-order valence-corrected chi connectivity index (χ0v) is 11.2. The van der Waals surface area contributed by atoms with Gasteiger partial charge in [0.25, 0.3) is 5.91 Å². The molecule has 0 radical (unpaired) electrons. The molecule has 1 fully saturated rings. The molecule has 19 heavy (non-hydrogen) atoms. The van der Waals surface area contributed by atoms with Crippen molar-refractivity contribution in [1.29, 1.82) is 0 Å². The van der Waals surface area contributed by atoms with Gasteiger partial charge in [-0.2, -0.15) is 0 Å². The Labute approximate surface area is 112 Å². The molecule has 0 bridgehead atoms. The molecule has 1 aromatic carbocycles. The van der Waals surface area contributed by atoms with Gasteiger partial charge >= 0.3 is 0 Å². The predicted octanol–water partition coefficient (Wildman–Crippen LogP) is 1.39. The molecule has 5 nitrogen and oxygen atoms in total. The molecule has 1 aliphatic heterocycles. The minimum Gasteiger partial charge on any atom is -0.345 e. The molecule has 5 heteroatoms. The average Bonchev–Trinajstić information content (AvgIpc) is 2.83. The normalized spacial score (nSPS) is 23.8. The van der Waals surface area contributed by atoms with E-state index in [2.05, 4.69) is 29.1 Å². The Morgan fingerprint density at radius 1 is 1.32 bits per heavy atom. The van der Waals surface area contributed by atoms with E-state index in [0.29, 0.717) is 12.1 Å². The van der Waals surface area contributed by atoms with Gasteiger partial charge in [0, 0.05) is 30.7 Å². The molecule has 3 rings (SSSR count). The summed E-state index contributed by atoms with van der Waals surface area (Å²) in [7, 11) is 0. The maximum Gasteiger partial charge on any atom is 0.254 e. The van der Waals surface area contributed by atoms with Crippen molar-refractivity contribution in [2.75, 3.05) is 13.1 Å². The van der Waals surface area contributed by atoms with Crippen molar-refractivity contribution in [2.45, 2.75) is 25.9 Å². The molecule has 1 saturated heterocycles. The number of amides is 1. The number of imidazole rings is 1. The second-order valence-electron chi connectivity index (χ2n) is 5.31. The van der Waals surface area contributed by atoms with Crippen LogP contribution in [0.4, 0.5) is 0 Å². The summed E-state index contributed by atoms with van der Waals surface area (Å²) >= 11 is 0. The number of H-pyrrole nitrogens is 1. The molecule has 2 atom stereocenters. The van der Waals surface area contributed by atoms with Crippen LogP contribution >= 0.6 is 0 Å². The van der Waals surface area contributed by atoms with E-state index in [1.54, 1.807) is 6.33 Å². The Morgan fingerprint density at radius 3 is 2.79 bits per heavy atom. The molecule has 1 aliphatic rings. The molecule has 0 aliphatic carbocycles. The number of nitrogens with one attached hydrogen (secondary N) is 2. The van der Waals surface area contributed by atoms with E-state index in [4.69, 9.17) is 0 Å². The molecular formula is C14H18N4O. The Balaban J connectivity index is 1.86. The first-order chi connectivity index (χ1) is 9.13. The summed E-state index contributed by atoms with van der Waals surface area (Å²) in [5.41, 5.74) is 2.51. The van der Waals surface area contributed by atoms with Crippen LogP contribution in [0.5, 0.6) is 0 Å². The van der Waals surface area contributed by atoms with E-state index in [1.165, 1.54) is 0 Å². The minimum atomic E-state index is 0.0942. The topological polar surface area (TPSA) is 61.0 Å². The fourth-order valence-corrected chi connectivity index (χ4v) is 2.74. The van der Waals surface area contributed by atoms with Crippen LogP contribution < -0.4 is 5.32 Å². The summed E-state index contributed by atoms with van der Waals surface area (Å²) in [4.78, 5) is 21.6. The minimum absolute atomic E-state index is 0.0942. The number of nitrogens with zero attached hydrogens (tertiary/aromatic N) is 2. The summed E-state index contributed by atoms with van der Waals surface area (Å²) in [5.74, 6) is 0.0942. The molecule has 2 heterocycles. The number of aromatic amines is 1. The first-order valence-electron chi connectivity index (χ1n) is 6.62. The van der Waals surface area contributed by atoms with Crippen LogP contribution in [0.2, 0.25) is 0 Å². The summed E-state index contributed by atoms with van der Waals surface area (Å²) in [6.45, 7) is 5.72. The number of piperazine rings is 1. The lowest BCUT2D eigenvalue weighted by atomic mass is 10.1. The van der Waals surface area contributed by atoms with Crippen molar-refractivity contribution >= 4 is 16.9 Å². The third-order valence-electron chi connectivity index (χ3n) is 3.51. The number of carbonyl (C=O) groups excluding carboxylic acids is 1. The van der Waals surface area contributed by atoms with Crippen LogP contribution in [0.1, 0.15) is 24.2 Å². The largest absolute Gasteiger partial charge is 0.345 e. The molecule has 2 aromatic rings. The number of aromatic nitrogens is 2. The Kier molecular flexibility index (Phi) is 2.98. The van der Waals surface area contributed by atoms with Gasteiger partial charge in [0.15, 0.2) is 0 Å². The van der Waals surface area contributed by atoms with Gasteiger partial charge in [0.2, 0.25) is 0 Å². The van der Waals surface area contributed by atoms with Crippen molar-refractivity contribution in [2.24, 2.45) is 0 Å². The number of carbonyl (C=O) groups is 1. The fourth-order valence-electron chi connectivity index (χ4n) is 2.74. The van der Waals surface area contributed by atoms with E-state index in [0.717, 1.165) is 29.7 Å². The highest BCUT2D eigenvalue weighted by Gasteiger charge is 2.25. The average molecular weight is 258 g/mol. The lowest BCUT2D eigenvalue weighted by Gasteiger charge is -2.36. The predicted molar refractivity (Wildman–Crippen MR) is 74.1 cm³/mol. The van der Waals surface area contributed by atoms with Gasteiger partial charge in [0.05, 0.1) is 17.4 Å². The smallest absolute Gasteiger partial charge is 0.254 e. The van der Waals surface area contributed by atoms with E-state index in [9.17, 15) is 4.79 Å². The summed E-state index contributed by atoms with van der Waals surface area (Å²) < 4.78 is 0. The SMILES string of the molecule is CC1CN(C(=O)c2ccc3nc[nH]c3c2)CC(C)N1. The van der Waals surface area contributed by atoms with Crippen LogP contribution in [0, 0.1) is 0 Å². The number of benzene rings is 1. The van der Waals surface area contributed by atoms with Gasteiger partial charge in [-0.1, -0.05) is 0 Å². The second-order valence-corrected chi connectivity index (χ2v) is 5.31. The molecule has 2 unspecified atom stereocenters. The van der Waals surface area contributed by atoms with E-state index < -0.39 is 0 Å². The van der Waals surface area contributed by atoms with Crippen molar-refractivity contribution < 1.29 is 4.79 Å². The maximum atomic E-state index is 12.5. The summed E-state index contributed by atoms with van der Waals surface area (Å²) in [6.07, 6.45) is 1.65. The maximum absolute atomic E-state index is 12.5. The van der Waals surface area contributed by atoms with Crippen molar-refractivity contribution in [3.63, 3.8) is 0 Å². The fraction of sp³-hybridized carbons (Fsp3) is 0.429. The first-order valence-corrected chi connectivity index (χ1v) is 6.62. The van der Waals surface area contributed by atoms with Gasteiger partial charge in [-0.3, -0.25) is 4.79 Å². The lowest BCUT2D eigenvalue weighted by molar-refractivity contribution is 0.0674. The van der Waals surface area contributed by atoms with Crippen molar-refractivity contribution in [3.05, 3.63) is 30.1 Å². The third-order valence-corrected chi connectivity index (χ3v) is 3.51. The molecule has 100 valence electrons. The van der Waals surface area contributed by atoms with Gasteiger partial charge in [-0.25, -0.2) is 4.98 Å². The zero-order chi connectivity index (χ0) is 13.4. The molecule has 2 N–H and O–H groups in total. The molecule has 0 spiro atoms. The van der Waals surface area contributed by atoms with Crippen LogP contribution in [0.15, 0.2) is 24.5 Å². The molecule has 0 saturated carbocycles. The molecule has 1 aromatic heterocycles. The number of rotatable bonds is 1. The lowest BCUT2D eigenvalue weighted by Crippen LogP contribution is -2.55. The Morgan fingerprint density at radius 2 is 2.05 bits per heavy atom.